The summed E-state index contributed by atoms with van der Waals surface area (Å²) in [5, 5.41) is 47.2. The second kappa shape index (κ2) is 24.7. The molecule has 0 fully saturated rings. The van der Waals surface area contributed by atoms with Crippen LogP contribution in [0.2, 0.25) is 10.0 Å². The Hall–Kier alpha value is -6.72. The number of rotatable bonds is 14. The van der Waals surface area contributed by atoms with Crippen LogP contribution >= 0.6 is 23.2 Å². The van der Waals surface area contributed by atoms with E-state index in [-0.39, 0.29) is 81.7 Å². The van der Waals surface area contributed by atoms with Crippen LogP contribution in [-0.4, -0.2) is 93.8 Å². The number of halogens is 2. The van der Waals surface area contributed by atoms with Crippen molar-refractivity contribution in [3.8, 4) is 23.0 Å². The van der Waals surface area contributed by atoms with Crippen molar-refractivity contribution in [2.75, 3.05) is 23.8 Å². The molecule has 0 aliphatic heterocycles. The minimum atomic E-state index is -4.99. The van der Waals surface area contributed by atoms with Crippen molar-refractivity contribution in [3.05, 3.63) is 166 Å². The Bertz CT molecular complexity index is 3530. The van der Waals surface area contributed by atoms with Gasteiger partial charge < -0.3 is 34.9 Å². The summed E-state index contributed by atoms with van der Waals surface area (Å²) in [6.07, 6.45) is 0. The molecular formula is C52H42CaCl2N6O12S2. The van der Waals surface area contributed by atoms with Crippen LogP contribution in [0.15, 0.2) is 164 Å². The predicted molar refractivity (Wildman–Crippen MR) is 284 cm³/mol. The molecule has 18 nitrogen and oxygen atoms in total. The number of amides is 2. The van der Waals surface area contributed by atoms with E-state index in [2.05, 4.69) is 31.1 Å². The fourth-order valence-electron chi connectivity index (χ4n) is 7.31. The predicted octanol–water partition coefficient (Wildman–Crippen LogP) is 12.3. The number of fused-ring (bicyclic) bond motifs is 2. The standard InChI is InChI=1S/2C26H22ClN3O6S.Ca/c2*1-3-36-18-11-9-17(10-12-18)28-26(32)20-14-16-6-4-5-7-19(16)23(24(20)31)30-29-21-13-8-15(2)22(27)25(21)37(33,34)35;/h2*4-14,31H,3H2,1-2H3,(H,28,32)(H,33,34,35);/q;;+2/p-2. The van der Waals surface area contributed by atoms with E-state index >= 15 is 0 Å². The van der Waals surface area contributed by atoms with Gasteiger partial charge >= 0.3 is 37.7 Å². The Morgan fingerprint density at radius 1 is 0.600 bits per heavy atom. The summed E-state index contributed by atoms with van der Waals surface area (Å²) in [6, 6.07) is 35.5. The number of aryl methyl sites for hydroxylation is 2. The van der Waals surface area contributed by atoms with Crippen LogP contribution in [0.3, 0.4) is 0 Å². The summed E-state index contributed by atoms with van der Waals surface area (Å²) in [5.41, 5.74) is 0.629. The average molecular weight is 1120 g/mol. The summed E-state index contributed by atoms with van der Waals surface area (Å²) in [6.45, 7) is 7.83. The van der Waals surface area contributed by atoms with E-state index in [0.717, 1.165) is 0 Å². The van der Waals surface area contributed by atoms with E-state index in [9.17, 15) is 45.7 Å². The molecule has 0 atom stereocenters. The monoisotopic (exact) mass is 1120 g/mol. The molecule has 0 aromatic heterocycles. The maximum absolute atomic E-state index is 13.3. The number of azo groups is 2. The van der Waals surface area contributed by atoms with Gasteiger partial charge in [0.2, 0.25) is 0 Å². The summed E-state index contributed by atoms with van der Waals surface area (Å²) in [4.78, 5) is 24.8. The number of nitrogens with zero attached hydrogens (tertiary/aromatic N) is 4. The number of aromatic hydroxyl groups is 1. The third-order valence-electron chi connectivity index (χ3n) is 10.9. The first-order valence-corrected chi connectivity index (χ1v) is 25.7. The summed E-state index contributed by atoms with van der Waals surface area (Å²) >= 11 is 12.2. The topological polar surface area (TPSA) is 281 Å². The van der Waals surface area contributed by atoms with Crippen molar-refractivity contribution in [2.45, 2.75) is 37.5 Å². The van der Waals surface area contributed by atoms with Crippen molar-refractivity contribution in [1.29, 1.82) is 0 Å². The number of carbonyl (C=O) groups excluding carboxylic acids is 2. The number of nitrogens with one attached hydrogen (secondary N) is 2. The van der Waals surface area contributed by atoms with Crippen molar-refractivity contribution in [2.24, 2.45) is 20.5 Å². The second-order valence-corrected chi connectivity index (χ2v) is 19.3. The van der Waals surface area contributed by atoms with E-state index in [1.165, 1.54) is 43.3 Å². The zero-order valence-electron chi connectivity index (χ0n) is 40.2. The van der Waals surface area contributed by atoms with Crippen LogP contribution in [0.5, 0.6) is 23.0 Å². The van der Waals surface area contributed by atoms with Crippen molar-refractivity contribution in [1.82, 2.24) is 0 Å². The van der Waals surface area contributed by atoms with Crippen LogP contribution in [0.4, 0.5) is 34.1 Å². The largest absolute Gasteiger partial charge is 2.00 e. The van der Waals surface area contributed by atoms with E-state index in [1.807, 2.05) is 13.8 Å². The number of carbonyl (C=O) groups is 2. The summed E-state index contributed by atoms with van der Waals surface area (Å²) in [7, 11) is -9.72. The smallest absolute Gasteiger partial charge is 0.870 e. The molecule has 8 aromatic rings. The van der Waals surface area contributed by atoms with Crippen LogP contribution in [-0.2, 0) is 20.2 Å². The maximum Gasteiger partial charge on any atom is 2.00 e. The molecule has 0 spiro atoms. The van der Waals surface area contributed by atoms with Crippen LogP contribution in [0.1, 0.15) is 45.7 Å². The van der Waals surface area contributed by atoms with Crippen molar-refractivity contribution in [3.63, 3.8) is 0 Å². The van der Waals surface area contributed by atoms with Gasteiger partial charge in [-0.05, 0) is 122 Å². The van der Waals surface area contributed by atoms with Crippen LogP contribution < -0.4 is 25.2 Å². The third-order valence-corrected chi connectivity index (χ3v) is 13.9. The molecule has 0 aliphatic rings. The molecule has 4 N–H and O–H groups in total. The third kappa shape index (κ3) is 13.6. The molecule has 23 heteroatoms. The van der Waals surface area contributed by atoms with Crippen molar-refractivity contribution >= 4 is 149 Å². The molecule has 380 valence electrons. The van der Waals surface area contributed by atoms with Gasteiger partial charge in [-0.2, -0.15) is 13.5 Å². The van der Waals surface area contributed by atoms with Gasteiger partial charge in [0.1, 0.15) is 48.5 Å². The molecular weight excluding hydrogens is 1080 g/mol. The Morgan fingerprint density at radius 2 is 1.01 bits per heavy atom. The molecule has 8 aromatic carbocycles. The number of anilines is 2. The Labute approximate surface area is 470 Å². The molecule has 0 bridgehead atoms. The first-order chi connectivity index (χ1) is 35.2. The van der Waals surface area contributed by atoms with Gasteiger partial charge in [0.15, 0.2) is 5.75 Å². The minimum Gasteiger partial charge on any atom is -0.870 e. The number of phenols is 1. The number of hydrogen-bond donors (Lipinski definition) is 4. The zero-order chi connectivity index (χ0) is 53.5. The molecule has 0 saturated heterocycles. The first kappa shape index (κ1) is 57.6. The molecule has 0 radical (unpaired) electrons. The Kier molecular flexibility index (Phi) is 19.0. The molecule has 0 heterocycles. The maximum atomic E-state index is 13.3. The molecule has 2 amide bonds. The van der Waals surface area contributed by atoms with E-state index in [4.69, 9.17) is 32.7 Å². The number of phenolic OH excluding ortho intramolecular Hbond substituents is 1. The molecule has 0 unspecified atom stereocenters. The summed E-state index contributed by atoms with van der Waals surface area (Å²) in [5.74, 6) is -1.17. The van der Waals surface area contributed by atoms with Crippen LogP contribution in [0.25, 0.3) is 21.5 Å². The average Bonchev–Trinajstić information content (AvgIpc) is 3.36. The van der Waals surface area contributed by atoms with Gasteiger partial charge in [-0.15, -0.1) is 15.3 Å². The molecule has 75 heavy (non-hydrogen) atoms. The normalized spacial score (nSPS) is 11.5. The van der Waals surface area contributed by atoms with Gasteiger partial charge in [0.05, 0.1) is 34.5 Å². The number of benzene rings is 8. The Morgan fingerprint density at radius 3 is 1.48 bits per heavy atom. The number of ether oxygens (including phenoxy) is 2. The SMILES string of the molecule is CCOc1ccc(NC(=O)c2cc3ccccc3c(N=Nc3ccc(C)c(Cl)c3S(=O)(=O)O)c2O)cc1.CCOc1ccc(NC(=O)c2cc3ccccc3c(N=Nc3ccc(C)c(Cl)c3S(=O)(=O)[O-])c2[O-])cc1.[Ca+2]. The van der Waals surface area contributed by atoms with Gasteiger partial charge in [0, 0.05) is 27.7 Å². The minimum absolute atomic E-state index is 0. The Balaban J connectivity index is 0.000000241. The van der Waals surface area contributed by atoms with E-state index in [0.29, 0.717) is 68.8 Å². The molecule has 0 aliphatic carbocycles. The van der Waals surface area contributed by atoms with Crippen molar-refractivity contribution < 1.29 is 55.2 Å². The van der Waals surface area contributed by atoms with E-state index in [1.54, 1.807) is 104 Å². The quantitative estimate of drug-likeness (QED) is 0.0449. The van der Waals surface area contributed by atoms with Gasteiger partial charge in [-0.1, -0.05) is 89.6 Å². The molecule has 0 saturated carbocycles. The summed E-state index contributed by atoms with van der Waals surface area (Å²) < 4.78 is 79.9. The zero-order valence-corrected chi connectivity index (χ0v) is 45.5. The second-order valence-electron chi connectivity index (χ2n) is 15.9. The fraction of sp³-hybridized carbons (Fsp3) is 0.115. The fourth-order valence-corrected chi connectivity index (χ4v) is 9.71. The van der Waals surface area contributed by atoms with Gasteiger partial charge in [-0.3, -0.25) is 14.1 Å². The van der Waals surface area contributed by atoms with E-state index < -0.39 is 53.3 Å². The van der Waals surface area contributed by atoms with Crippen LogP contribution in [0, 0.1) is 13.8 Å². The van der Waals surface area contributed by atoms with Gasteiger partial charge in [-0.25, -0.2) is 8.42 Å². The molecule has 8 rings (SSSR count). The number of hydrogen-bond acceptors (Lipinski definition) is 15. The van der Waals surface area contributed by atoms with Gasteiger partial charge in [0.25, 0.3) is 21.9 Å². The first-order valence-electron chi connectivity index (χ1n) is 22.1.